The van der Waals surface area contributed by atoms with Gasteiger partial charge < -0.3 is 15.4 Å². The third-order valence-electron chi connectivity index (χ3n) is 2.69. The molecule has 1 aromatic carbocycles. The molecule has 0 bridgehead atoms. The normalized spacial score (nSPS) is 12.2. The largest absolute Gasteiger partial charge is 0.385 e. The predicted molar refractivity (Wildman–Crippen MR) is 72.4 cm³/mol. The van der Waals surface area contributed by atoms with Crippen molar-refractivity contribution < 1.29 is 9.53 Å². The molecular formula is C13H19ClN2O2. The van der Waals surface area contributed by atoms with Gasteiger partial charge in [-0.1, -0.05) is 29.8 Å². The highest BCUT2D eigenvalue weighted by molar-refractivity contribution is 6.31. The van der Waals surface area contributed by atoms with Gasteiger partial charge in [0.2, 0.25) is 5.91 Å². The van der Waals surface area contributed by atoms with Crippen LogP contribution < -0.4 is 5.73 Å². The van der Waals surface area contributed by atoms with E-state index in [0.29, 0.717) is 24.6 Å². The van der Waals surface area contributed by atoms with Crippen molar-refractivity contribution in [2.75, 3.05) is 20.8 Å². The molecule has 1 amide bonds. The summed E-state index contributed by atoms with van der Waals surface area (Å²) in [6.45, 7) is 0.937. The highest BCUT2D eigenvalue weighted by Gasteiger charge is 2.18. The lowest BCUT2D eigenvalue weighted by molar-refractivity contribution is -0.132. The van der Waals surface area contributed by atoms with E-state index in [0.717, 1.165) is 5.56 Å². The number of hydrogen-bond acceptors (Lipinski definition) is 3. The van der Waals surface area contributed by atoms with Crippen molar-refractivity contribution in [1.29, 1.82) is 0 Å². The molecule has 1 aromatic rings. The van der Waals surface area contributed by atoms with Crippen LogP contribution in [0.2, 0.25) is 5.02 Å². The molecule has 0 aliphatic heterocycles. The molecule has 0 saturated carbocycles. The number of nitrogens with zero attached hydrogens (tertiary/aromatic N) is 1. The van der Waals surface area contributed by atoms with Crippen molar-refractivity contribution in [3.05, 3.63) is 34.9 Å². The van der Waals surface area contributed by atoms with E-state index in [4.69, 9.17) is 22.1 Å². The van der Waals surface area contributed by atoms with Crippen LogP contribution in [0.1, 0.15) is 12.0 Å². The molecule has 0 radical (unpaired) electrons. The van der Waals surface area contributed by atoms with Gasteiger partial charge in [0.15, 0.2) is 0 Å². The van der Waals surface area contributed by atoms with Gasteiger partial charge in [-0.05, 0) is 18.1 Å². The van der Waals surface area contributed by atoms with Gasteiger partial charge in [0, 0.05) is 32.3 Å². The highest BCUT2D eigenvalue weighted by Crippen LogP contribution is 2.16. The zero-order valence-electron chi connectivity index (χ0n) is 10.7. The molecule has 100 valence electrons. The fraction of sp³-hybridized carbons (Fsp3) is 0.462. The van der Waals surface area contributed by atoms with E-state index < -0.39 is 6.04 Å². The van der Waals surface area contributed by atoms with Gasteiger partial charge in [-0.2, -0.15) is 0 Å². The summed E-state index contributed by atoms with van der Waals surface area (Å²) in [4.78, 5) is 13.6. The Bertz CT molecular complexity index is 398. The Balaban J connectivity index is 2.57. The third-order valence-corrected chi connectivity index (χ3v) is 3.06. The Kier molecular flexibility index (Phi) is 6.12. The number of likely N-dealkylation sites (N-methyl/N-ethyl adjacent to an activating group) is 1. The molecule has 1 unspecified atom stereocenters. The number of amides is 1. The van der Waals surface area contributed by atoms with Gasteiger partial charge >= 0.3 is 0 Å². The van der Waals surface area contributed by atoms with Crippen LogP contribution in [-0.4, -0.2) is 37.6 Å². The van der Waals surface area contributed by atoms with Crippen molar-refractivity contribution in [1.82, 2.24) is 4.90 Å². The standard InChI is InChI=1S/C13H19ClN2O2/c1-16(13(17)12(15)7-8-18-2)9-10-5-3-4-6-11(10)14/h3-6,12H,7-9,15H2,1-2H3. The van der Waals surface area contributed by atoms with E-state index in [9.17, 15) is 4.79 Å². The Hall–Kier alpha value is -1.10. The summed E-state index contributed by atoms with van der Waals surface area (Å²) < 4.78 is 4.91. The Morgan fingerprint density at radius 2 is 2.17 bits per heavy atom. The average Bonchev–Trinajstić information content (AvgIpc) is 2.37. The van der Waals surface area contributed by atoms with Crippen molar-refractivity contribution in [3.8, 4) is 0 Å². The fourth-order valence-corrected chi connectivity index (χ4v) is 1.81. The predicted octanol–water partition coefficient (Wildman–Crippen LogP) is 1.66. The van der Waals surface area contributed by atoms with Crippen LogP contribution in [-0.2, 0) is 16.1 Å². The molecule has 4 nitrogen and oxygen atoms in total. The van der Waals surface area contributed by atoms with Crippen LogP contribution in [0.15, 0.2) is 24.3 Å². The summed E-state index contributed by atoms with van der Waals surface area (Å²) in [6, 6.07) is 6.92. The number of halogens is 1. The van der Waals surface area contributed by atoms with Gasteiger partial charge in [0.05, 0.1) is 6.04 Å². The van der Waals surface area contributed by atoms with E-state index in [1.807, 2.05) is 18.2 Å². The molecule has 0 aromatic heterocycles. The molecule has 5 heteroatoms. The first kappa shape index (κ1) is 15.0. The van der Waals surface area contributed by atoms with Crippen LogP contribution in [0.25, 0.3) is 0 Å². The summed E-state index contributed by atoms with van der Waals surface area (Å²) in [7, 11) is 3.31. The number of carbonyl (C=O) groups excluding carboxylic acids is 1. The van der Waals surface area contributed by atoms with Crippen molar-refractivity contribution in [2.24, 2.45) is 5.73 Å². The Morgan fingerprint density at radius 3 is 2.78 bits per heavy atom. The summed E-state index contributed by atoms with van der Waals surface area (Å²) in [5.74, 6) is -0.105. The monoisotopic (exact) mass is 270 g/mol. The van der Waals surface area contributed by atoms with Crippen molar-refractivity contribution >= 4 is 17.5 Å². The molecular weight excluding hydrogens is 252 g/mol. The Labute approximate surface area is 113 Å². The maximum absolute atomic E-state index is 12.0. The second kappa shape index (κ2) is 7.36. The molecule has 2 N–H and O–H groups in total. The van der Waals surface area contributed by atoms with E-state index >= 15 is 0 Å². The molecule has 1 atom stereocenters. The lowest BCUT2D eigenvalue weighted by atomic mass is 10.1. The fourth-order valence-electron chi connectivity index (χ4n) is 1.61. The van der Waals surface area contributed by atoms with Gasteiger partial charge in [-0.25, -0.2) is 0 Å². The minimum atomic E-state index is -0.530. The zero-order chi connectivity index (χ0) is 13.5. The molecule has 0 aliphatic rings. The second-order valence-corrected chi connectivity index (χ2v) is 4.58. The SMILES string of the molecule is COCCC(N)C(=O)N(C)Cc1ccccc1Cl. The molecule has 0 aliphatic carbocycles. The summed E-state index contributed by atoms with van der Waals surface area (Å²) in [6.07, 6.45) is 0.516. The van der Waals surface area contributed by atoms with Crippen LogP contribution in [0.4, 0.5) is 0 Å². The van der Waals surface area contributed by atoms with Gasteiger partial charge in [0.25, 0.3) is 0 Å². The highest BCUT2D eigenvalue weighted by atomic mass is 35.5. The van der Waals surface area contributed by atoms with Crippen molar-refractivity contribution in [2.45, 2.75) is 19.0 Å². The van der Waals surface area contributed by atoms with E-state index in [2.05, 4.69) is 0 Å². The molecule has 0 fully saturated rings. The van der Waals surface area contributed by atoms with E-state index in [1.54, 1.807) is 25.1 Å². The quantitative estimate of drug-likeness (QED) is 0.855. The maximum atomic E-state index is 12.0. The second-order valence-electron chi connectivity index (χ2n) is 4.17. The summed E-state index contributed by atoms with van der Waals surface area (Å²) in [5.41, 5.74) is 6.70. The first-order chi connectivity index (χ1) is 8.56. The van der Waals surface area contributed by atoms with Crippen molar-refractivity contribution in [3.63, 3.8) is 0 Å². The maximum Gasteiger partial charge on any atom is 0.239 e. The molecule has 18 heavy (non-hydrogen) atoms. The lowest BCUT2D eigenvalue weighted by Gasteiger charge is -2.21. The molecule has 0 saturated heterocycles. The Morgan fingerprint density at radius 1 is 1.50 bits per heavy atom. The van der Waals surface area contributed by atoms with Crippen LogP contribution in [0.5, 0.6) is 0 Å². The summed E-state index contributed by atoms with van der Waals surface area (Å²) in [5, 5.41) is 0.655. The zero-order valence-corrected chi connectivity index (χ0v) is 11.5. The lowest BCUT2D eigenvalue weighted by Crippen LogP contribution is -2.42. The van der Waals surface area contributed by atoms with E-state index in [-0.39, 0.29) is 5.91 Å². The van der Waals surface area contributed by atoms with E-state index in [1.165, 1.54) is 0 Å². The number of nitrogens with two attached hydrogens (primary N) is 1. The van der Waals surface area contributed by atoms with Crippen LogP contribution in [0.3, 0.4) is 0 Å². The summed E-state index contributed by atoms with van der Waals surface area (Å²) >= 11 is 6.05. The molecule has 0 heterocycles. The number of methoxy groups -OCH3 is 1. The number of benzene rings is 1. The molecule has 1 rings (SSSR count). The number of ether oxygens (including phenoxy) is 1. The minimum Gasteiger partial charge on any atom is -0.385 e. The minimum absolute atomic E-state index is 0.105. The van der Waals surface area contributed by atoms with Crippen LogP contribution in [0, 0.1) is 0 Å². The number of carbonyl (C=O) groups is 1. The average molecular weight is 271 g/mol. The van der Waals surface area contributed by atoms with Gasteiger partial charge in [-0.15, -0.1) is 0 Å². The smallest absolute Gasteiger partial charge is 0.239 e. The number of hydrogen-bond donors (Lipinski definition) is 1. The topological polar surface area (TPSA) is 55.6 Å². The van der Waals surface area contributed by atoms with Gasteiger partial charge in [0.1, 0.15) is 0 Å². The molecule has 0 spiro atoms. The number of rotatable bonds is 6. The first-order valence-electron chi connectivity index (χ1n) is 5.79. The first-order valence-corrected chi connectivity index (χ1v) is 6.17. The van der Waals surface area contributed by atoms with Crippen LogP contribution >= 0.6 is 11.6 Å². The third kappa shape index (κ3) is 4.29. The van der Waals surface area contributed by atoms with Gasteiger partial charge in [-0.3, -0.25) is 4.79 Å².